The molecule has 2 fully saturated rings. The Morgan fingerprint density at radius 1 is 1.31 bits per heavy atom. The fourth-order valence-corrected chi connectivity index (χ4v) is 4.70. The average Bonchev–Trinajstić information content (AvgIpc) is 3.19. The second-order valence-corrected chi connectivity index (χ2v) is 8.32. The summed E-state index contributed by atoms with van der Waals surface area (Å²) in [6.45, 7) is 4.90. The molecule has 2 saturated heterocycles. The van der Waals surface area contributed by atoms with Crippen LogP contribution in [0.4, 0.5) is 14.7 Å². The largest absolute Gasteiger partial charge is 0.375 e. The summed E-state index contributed by atoms with van der Waals surface area (Å²) in [5.74, 6) is -0.675. The monoisotopic (exact) mass is 440 g/mol. The van der Waals surface area contributed by atoms with E-state index < -0.39 is 11.6 Å². The molecule has 0 spiro atoms. The predicted molar refractivity (Wildman–Crippen MR) is 120 cm³/mol. The molecule has 3 aromatic rings. The van der Waals surface area contributed by atoms with Gasteiger partial charge in [0.05, 0.1) is 36.0 Å². The van der Waals surface area contributed by atoms with Crippen LogP contribution in [0.3, 0.4) is 0 Å². The van der Waals surface area contributed by atoms with Crippen molar-refractivity contribution in [2.75, 3.05) is 38.2 Å². The van der Waals surface area contributed by atoms with E-state index in [1.54, 1.807) is 19.5 Å². The lowest BCUT2D eigenvalue weighted by molar-refractivity contribution is -0.0137. The van der Waals surface area contributed by atoms with Gasteiger partial charge in [0.1, 0.15) is 11.3 Å². The zero-order valence-electron chi connectivity index (χ0n) is 18.1. The summed E-state index contributed by atoms with van der Waals surface area (Å²) in [7, 11) is 1.71. The Morgan fingerprint density at radius 2 is 2.19 bits per heavy atom. The molecule has 1 N–H and O–H groups in total. The summed E-state index contributed by atoms with van der Waals surface area (Å²) in [5, 5.41) is 3.51. The third kappa shape index (κ3) is 3.75. The minimum atomic E-state index is -0.663. The van der Waals surface area contributed by atoms with Gasteiger partial charge in [-0.3, -0.25) is 9.98 Å². The molecule has 32 heavy (non-hydrogen) atoms. The lowest BCUT2D eigenvalue weighted by Gasteiger charge is -2.42. The van der Waals surface area contributed by atoms with Crippen LogP contribution in [0, 0.1) is 11.6 Å². The highest BCUT2D eigenvalue weighted by molar-refractivity contribution is 5.80. The fourth-order valence-electron chi connectivity index (χ4n) is 4.70. The lowest BCUT2D eigenvalue weighted by Crippen LogP contribution is -2.58. The van der Waals surface area contributed by atoms with Crippen molar-refractivity contribution in [3.8, 4) is 0 Å². The zero-order chi connectivity index (χ0) is 22.2. The van der Waals surface area contributed by atoms with Crippen LogP contribution in [0.5, 0.6) is 0 Å². The minimum absolute atomic E-state index is 0.165. The van der Waals surface area contributed by atoms with Crippen molar-refractivity contribution < 1.29 is 13.5 Å². The number of anilines is 1. The average molecular weight is 440 g/mol. The van der Waals surface area contributed by atoms with E-state index in [4.69, 9.17) is 4.74 Å². The number of hydrogen-bond donors (Lipinski definition) is 1. The van der Waals surface area contributed by atoms with Crippen LogP contribution in [-0.4, -0.2) is 66.2 Å². The minimum Gasteiger partial charge on any atom is -0.375 e. The molecular formula is C23H26F2N6O. The van der Waals surface area contributed by atoms with E-state index in [0.29, 0.717) is 24.6 Å². The van der Waals surface area contributed by atoms with Crippen molar-refractivity contribution in [2.24, 2.45) is 4.99 Å². The number of nitrogens with zero attached hydrogens (tertiary/aromatic N) is 5. The Balaban J connectivity index is 1.58. The van der Waals surface area contributed by atoms with Crippen LogP contribution in [0.2, 0.25) is 0 Å². The normalized spacial score (nSPS) is 22.4. The van der Waals surface area contributed by atoms with Crippen LogP contribution in [0.1, 0.15) is 30.6 Å². The quantitative estimate of drug-likeness (QED) is 0.632. The lowest BCUT2D eigenvalue weighted by atomic mass is 10.0. The van der Waals surface area contributed by atoms with Gasteiger partial charge in [-0.2, -0.15) is 0 Å². The van der Waals surface area contributed by atoms with Gasteiger partial charge in [-0.15, -0.1) is 0 Å². The molecule has 0 amide bonds. The smallest absolute Gasteiger partial charge is 0.207 e. The van der Waals surface area contributed by atoms with Crippen LogP contribution in [0.15, 0.2) is 35.5 Å². The second kappa shape index (κ2) is 8.55. The van der Waals surface area contributed by atoms with E-state index in [9.17, 15) is 8.78 Å². The molecule has 3 atom stereocenters. The summed E-state index contributed by atoms with van der Waals surface area (Å²) in [4.78, 5) is 15.4. The molecule has 0 saturated carbocycles. The molecule has 9 heteroatoms. The van der Waals surface area contributed by atoms with E-state index in [-0.39, 0.29) is 23.7 Å². The Morgan fingerprint density at radius 3 is 2.97 bits per heavy atom. The van der Waals surface area contributed by atoms with Gasteiger partial charge in [-0.05, 0) is 19.4 Å². The van der Waals surface area contributed by atoms with Gasteiger partial charge < -0.3 is 19.5 Å². The molecule has 168 valence electrons. The van der Waals surface area contributed by atoms with E-state index in [1.807, 2.05) is 23.6 Å². The predicted octanol–water partition coefficient (Wildman–Crippen LogP) is 2.93. The van der Waals surface area contributed by atoms with Crippen LogP contribution in [-0.2, 0) is 4.74 Å². The van der Waals surface area contributed by atoms with E-state index in [0.717, 1.165) is 36.8 Å². The summed E-state index contributed by atoms with van der Waals surface area (Å²) in [5.41, 5.74) is 2.25. The number of nitrogens with one attached hydrogen (secondary N) is 1. The summed E-state index contributed by atoms with van der Waals surface area (Å²) < 4.78 is 36.7. The molecule has 0 radical (unpaired) electrons. The van der Waals surface area contributed by atoms with Crippen molar-refractivity contribution >= 4 is 23.2 Å². The van der Waals surface area contributed by atoms with Crippen LogP contribution < -0.4 is 10.2 Å². The molecule has 1 aromatic carbocycles. The van der Waals surface area contributed by atoms with E-state index in [1.165, 1.54) is 6.07 Å². The third-order valence-electron chi connectivity index (χ3n) is 6.27. The first kappa shape index (κ1) is 21.0. The molecule has 0 unspecified atom stereocenters. The van der Waals surface area contributed by atoms with Gasteiger partial charge >= 0.3 is 0 Å². The Hall–Kier alpha value is -2.91. The number of rotatable bonds is 4. The SMILES string of the molecule is CN=Cc1ccc([C@@H](C)n2c(N3CC[C@@H]4OCCN[C@H]4C3)nc3c(F)cc(F)cc32)nc1. The number of halogens is 2. The van der Waals surface area contributed by atoms with E-state index in [2.05, 4.69) is 25.2 Å². The summed E-state index contributed by atoms with van der Waals surface area (Å²) in [6.07, 6.45) is 4.48. The van der Waals surface area contributed by atoms with Crippen LogP contribution >= 0.6 is 0 Å². The first-order chi connectivity index (χ1) is 15.5. The zero-order valence-corrected chi connectivity index (χ0v) is 18.1. The molecule has 2 aromatic heterocycles. The fraction of sp³-hybridized carbons (Fsp3) is 0.435. The number of fused-ring (bicyclic) bond motifs is 2. The van der Waals surface area contributed by atoms with Crippen molar-refractivity contribution in [1.82, 2.24) is 19.9 Å². The number of aliphatic imine (C=N–C) groups is 1. The first-order valence-corrected chi connectivity index (χ1v) is 10.9. The first-order valence-electron chi connectivity index (χ1n) is 10.9. The van der Waals surface area contributed by atoms with Crippen molar-refractivity contribution in [2.45, 2.75) is 31.5 Å². The Bertz CT molecular complexity index is 1150. The standard InChI is InChI=1S/C23H26F2N6O/c1-14(18-4-3-15(11-26-2)12-28-18)31-20-10-16(24)9-17(25)22(20)29-23(31)30-7-5-21-19(13-30)27-6-8-32-21/h3-4,9-12,14,19,21,27H,5-8,13H2,1-2H3/t14-,19+,21+/m1/s1. The number of morpholine rings is 1. The number of benzene rings is 1. The summed E-state index contributed by atoms with van der Waals surface area (Å²) >= 11 is 0. The van der Waals surface area contributed by atoms with Gasteiger partial charge in [0.2, 0.25) is 5.95 Å². The second-order valence-electron chi connectivity index (χ2n) is 8.32. The highest BCUT2D eigenvalue weighted by Gasteiger charge is 2.35. The number of aromatic nitrogens is 3. The Labute approximate surface area is 185 Å². The Kier molecular flexibility index (Phi) is 5.60. The molecule has 2 aliphatic rings. The van der Waals surface area contributed by atoms with Gasteiger partial charge in [0.15, 0.2) is 5.82 Å². The van der Waals surface area contributed by atoms with Crippen molar-refractivity contribution in [1.29, 1.82) is 0 Å². The van der Waals surface area contributed by atoms with Gasteiger partial charge in [-0.25, -0.2) is 13.8 Å². The number of piperidine rings is 1. The highest BCUT2D eigenvalue weighted by Crippen LogP contribution is 2.33. The van der Waals surface area contributed by atoms with Gasteiger partial charge in [0.25, 0.3) is 0 Å². The highest BCUT2D eigenvalue weighted by atomic mass is 19.1. The molecule has 0 bridgehead atoms. The van der Waals surface area contributed by atoms with Gasteiger partial charge in [-0.1, -0.05) is 6.07 Å². The molecule has 2 aliphatic heterocycles. The maximum atomic E-state index is 14.7. The summed E-state index contributed by atoms with van der Waals surface area (Å²) in [6, 6.07) is 5.97. The topological polar surface area (TPSA) is 67.6 Å². The molecule has 0 aliphatic carbocycles. The molecular weight excluding hydrogens is 414 g/mol. The number of ether oxygens (including phenoxy) is 1. The maximum absolute atomic E-state index is 14.7. The maximum Gasteiger partial charge on any atom is 0.207 e. The van der Waals surface area contributed by atoms with Crippen molar-refractivity contribution in [3.05, 3.63) is 53.4 Å². The number of hydrogen-bond acceptors (Lipinski definition) is 6. The molecule has 4 heterocycles. The number of imidazole rings is 1. The van der Waals surface area contributed by atoms with E-state index >= 15 is 0 Å². The van der Waals surface area contributed by atoms with Gasteiger partial charge in [0, 0.05) is 56.8 Å². The third-order valence-corrected chi connectivity index (χ3v) is 6.27. The molecule has 5 rings (SSSR count). The van der Waals surface area contributed by atoms with Crippen molar-refractivity contribution in [3.63, 3.8) is 0 Å². The number of pyridine rings is 1. The van der Waals surface area contributed by atoms with Crippen LogP contribution in [0.25, 0.3) is 11.0 Å². The molecule has 7 nitrogen and oxygen atoms in total.